The van der Waals surface area contributed by atoms with Gasteiger partial charge in [-0.25, -0.2) is 0 Å². The van der Waals surface area contributed by atoms with Crippen LogP contribution in [0.2, 0.25) is 5.02 Å². The molecule has 25 heavy (non-hydrogen) atoms. The number of carbonyl (C=O) groups is 1. The normalized spacial score (nSPS) is 10.6. The first-order valence-electron chi connectivity index (χ1n) is 8.04. The molecule has 0 aliphatic rings. The van der Waals surface area contributed by atoms with E-state index in [0.29, 0.717) is 28.8 Å². The molecule has 2 rings (SSSR count). The van der Waals surface area contributed by atoms with E-state index in [1.54, 1.807) is 32.4 Å². The van der Waals surface area contributed by atoms with Gasteiger partial charge in [0.1, 0.15) is 0 Å². The van der Waals surface area contributed by atoms with Gasteiger partial charge < -0.3 is 14.8 Å². The maximum absolute atomic E-state index is 12.3. The van der Waals surface area contributed by atoms with E-state index in [0.717, 1.165) is 12.1 Å². The Kier molecular flexibility index (Phi) is 7.10. The molecular weight excluding hydrogens is 340 g/mol. The number of nitrogens with zero attached hydrogens (tertiary/aromatic N) is 1. The Morgan fingerprint density at radius 2 is 1.88 bits per heavy atom. The number of rotatable bonds is 8. The molecule has 0 saturated heterocycles. The van der Waals surface area contributed by atoms with Gasteiger partial charge in [-0.1, -0.05) is 30.7 Å². The van der Waals surface area contributed by atoms with Crippen molar-refractivity contribution in [1.29, 1.82) is 0 Å². The van der Waals surface area contributed by atoms with Gasteiger partial charge in [0.05, 0.1) is 20.8 Å². The largest absolute Gasteiger partial charge is 0.493 e. The summed E-state index contributed by atoms with van der Waals surface area (Å²) in [7, 11) is 3.14. The molecule has 0 fully saturated rings. The van der Waals surface area contributed by atoms with Crippen LogP contribution in [0.15, 0.2) is 42.5 Å². The van der Waals surface area contributed by atoms with Gasteiger partial charge >= 0.3 is 0 Å². The lowest BCUT2D eigenvalue weighted by molar-refractivity contribution is -0.117. The molecule has 2 aromatic carbocycles. The van der Waals surface area contributed by atoms with Crippen LogP contribution in [0.3, 0.4) is 0 Å². The lowest BCUT2D eigenvalue weighted by Crippen LogP contribution is -2.32. The van der Waals surface area contributed by atoms with Crippen molar-refractivity contribution in [2.45, 2.75) is 13.5 Å². The van der Waals surface area contributed by atoms with Gasteiger partial charge in [-0.15, -0.1) is 0 Å². The molecule has 0 spiro atoms. The first kappa shape index (κ1) is 19.1. The van der Waals surface area contributed by atoms with Gasteiger partial charge in [-0.2, -0.15) is 0 Å². The number of amides is 1. The second kappa shape index (κ2) is 9.30. The van der Waals surface area contributed by atoms with Crippen molar-refractivity contribution < 1.29 is 14.3 Å². The number of likely N-dealkylation sites (N-methyl/N-ethyl adjacent to an activating group) is 1. The smallest absolute Gasteiger partial charge is 0.238 e. The third-order valence-corrected chi connectivity index (χ3v) is 4.01. The molecule has 0 aliphatic heterocycles. The highest BCUT2D eigenvalue weighted by Gasteiger charge is 2.12. The molecule has 0 unspecified atom stereocenters. The summed E-state index contributed by atoms with van der Waals surface area (Å²) in [6.07, 6.45) is 0. The van der Waals surface area contributed by atoms with Crippen LogP contribution in [0, 0.1) is 0 Å². The molecule has 0 atom stereocenters. The average Bonchev–Trinajstić information content (AvgIpc) is 2.61. The predicted octanol–water partition coefficient (Wildman–Crippen LogP) is 3.82. The minimum Gasteiger partial charge on any atom is -0.493 e. The first-order chi connectivity index (χ1) is 12.0. The minimum atomic E-state index is -0.0869. The predicted molar refractivity (Wildman–Crippen MR) is 101 cm³/mol. The van der Waals surface area contributed by atoms with E-state index >= 15 is 0 Å². The topological polar surface area (TPSA) is 50.8 Å². The number of carbonyl (C=O) groups excluding carboxylic acids is 1. The van der Waals surface area contributed by atoms with Crippen LogP contribution < -0.4 is 14.8 Å². The van der Waals surface area contributed by atoms with Gasteiger partial charge in [0, 0.05) is 23.3 Å². The second-order valence-corrected chi connectivity index (χ2v) is 5.99. The SMILES string of the molecule is CCN(CC(=O)Nc1ccc(OC)c(OC)c1)Cc1cccc(Cl)c1. The van der Waals surface area contributed by atoms with Crippen molar-refractivity contribution in [1.82, 2.24) is 4.90 Å². The zero-order valence-corrected chi connectivity index (χ0v) is 15.5. The van der Waals surface area contributed by atoms with E-state index in [2.05, 4.69) is 5.32 Å². The summed E-state index contributed by atoms with van der Waals surface area (Å²) < 4.78 is 10.4. The van der Waals surface area contributed by atoms with Crippen LogP contribution in [0.25, 0.3) is 0 Å². The quantitative estimate of drug-likeness (QED) is 0.775. The lowest BCUT2D eigenvalue weighted by Gasteiger charge is -2.20. The molecule has 1 amide bonds. The van der Waals surface area contributed by atoms with Crippen molar-refractivity contribution >= 4 is 23.2 Å². The summed E-state index contributed by atoms with van der Waals surface area (Å²) in [5.41, 5.74) is 1.75. The molecule has 5 nitrogen and oxygen atoms in total. The van der Waals surface area contributed by atoms with E-state index in [1.165, 1.54) is 0 Å². The summed E-state index contributed by atoms with van der Waals surface area (Å²) in [5, 5.41) is 3.59. The number of nitrogens with one attached hydrogen (secondary N) is 1. The highest BCUT2D eigenvalue weighted by molar-refractivity contribution is 6.30. The summed E-state index contributed by atoms with van der Waals surface area (Å²) in [4.78, 5) is 14.4. The molecule has 0 aromatic heterocycles. The van der Waals surface area contributed by atoms with Gasteiger partial charge in [-0.3, -0.25) is 9.69 Å². The third kappa shape index (κ3) is 5.66. The van der Waals surface area contributed by atoms with Gasteiger partial charge in [0.15, 0.2) is 11.5 Å². The highest BCUT2D eigenvalue weighted by atomic mass is 35.5. The fourth-order valence-corrected chi connectivity index (χ4v) is 2.70. The molecule has 0 aliphatic carbocycles. The Balaban J connectivity index is 1.98. The molecule has 0 radical (unpaired) electrons. The number of hydrogen-bond donors (Lipinski definition) is 1. The Labute approximate surface area is 153 Å². The standard InChI is InChI=1S/C19H23ClN2O3/c1-4-22(12-14-6-5-7-15(20)10-14)13-19(23)21-16-8-9-17(24-2)18(11-16)25-3/h5-11H,4,12-13H2,1-3H3,(H,21,23). The van der Waals surface area contributed by atoms with Crippen molar-refractivity contribution in [2.24, 2.45) is 0 Å². The number of hydrogen-bond acceptors (Lipinski definition) is 4. The van der Waals surface area contributed by atoms with E-state index in [-0.39, 0.29) is 12.5 Å². The zero-order chi connectivity index (χ0) is 18.2. The first-order valence-corrected chi connectivity index (χ1v) is 8.42. The van der Waals surface area contributed by atoms with Crippen molar-refractivity contribution in [3.8, 4) is 11.5 Å². The van der Waals surface area contributed by atoms with Crippen LogP contribution >= 0.6 is 11.6 Å². The molecule has 0 heterocycles. The molecule has 2 aromatic rings. The maximum Gasteiger partial charge on any atom is 0.238 e. The monoisotopic (exact) mass is 362 g/mol. The molecular formula is C19H23ClN2O3. The van der Waals surface area contributed by atoms with Crippen LogP contribution in [0.5, 0.6) is 11.5 Å². The summed E-state index contributed by atoms with van der Waals surface area (Å²) in [6, 6.07) is 13.0. The Bertz CT molecular complexity index is 722. The molecule has 6 heteroatoms. The second-order valence-electron chi connectivity index (χ2n) is 5.55. The zero-order valence-electron chi connectivity index (χ0n) is 14.7. The van der Waals surface area contributed by atoms with Gasteiger partial charge in [0.2, 0.25) is 5.91 Å². The van der Waals surface area contributed by atoms with Crippen molar-refractivity contribution in [3.63, 3.8) is 0 Å². The number of methoxy groups -OCH3 is 2. The number of anilines is 1. The van der Waals surface area contributed by atoms with Crippen LogP contribution in [0.1, 0.15) is 12.5 Å². The fourth-order valence-electron chi connectivity index (χ4n) is 2.49. The maximum atomic E-state index is 12.3. The Morgan fingerprint density at radius 3 is 2.52 bits per heavy atom. The number of benzene rings is 2. The van der Waals surface area contributed by atoms with Crippen molar-refractivity contribution in [3.05, 3.63) is 53.1 Å². The molecule has 0 bridgehead atoms. The number of halogens is 1. The summed E-state index contributed by atoms with van der Waals surface area (Å²) in [5.74, 6) is 1.11. The van der Waals surface area contributed by atoms with E-state index in [1.807, 2.05) is 36.1 Å². The lowest BCUT2D eigenvalue weighted by atomic mass is 10.2. The summed E-state index contributed by atoms with van der Waals surface area (Å²) >= 11 is 6.02. The van der Waals surface area contributed by atoms with E-state index in [9.17, 15) is 4.79 Å². The van der Waals surface area contributed by atoms with Crippen LogP contribution in [-0.2, 0) is 11.3 Å². The fraction of sp³-hybridized carbons (Fsp3) is 0.316. The van der Waals surface area contributed by atoms with E-state index < -0.39 is 0 Å². The van der Waals surface area contributed by atoms with Crippen LogP contribution in [0.4, 0.5) is 5.69 Å². The molecule has 1 N–H and O–H groups in total. The van der Waals surface area contributed by atoms with Crippen molar-refractivity contribution in [2.75, 3.05) is 32.6 Å². The van der Waals surface area contributed by atoms with Gasteiger partial charge in [-0.05, 0) is 36.4 Å². The Hall–Kier alpha value is -2.24. The summed E-state index contributed by atoms with van der Waals surface area (Å²) in [6.45, 7) is 3.73. The van der Waals surface area contributed by atoms with Crippen LogP contribution in [-0.4, -0.2) is 38.1 Å². The van der Waals surface area contributed by atoms with E-state index in [4.69, 9.17) is 21.1 Å². The third-order valence-electron chi connectivity index (χ3n) is 3.78. The highest BCUT2D eigenvalue weighted by Crippen LogP contribution is 2.29. The number of ether oxygens (including phenoxy) is 2. The van der Waals surface area contributed by atoms with Gasteiger partial charge in [0.25, 0.3) is 0 Å². The molecule has 0 saturated carbocycles. The molecule has 134 valence electrons. The Morgan fingerprint density at radius 1 is 1.12 bits per heavy atom. The minimum absolute atomic E-state index is 0.0869. The average molecular weight is 363 g/mol.